The van der Waals surface area contributed by atoms with Crippen LogP contribution in [0.15, 0.2) is 44.8 Å². The summed E-state index contributed by atoms with van der Waals surface area (Å²) >= 11 is 0. The van der Waals surface area contributed by atoms with E-state index in [0.717, 1.165) is 16.7 Å². The molecule has 29 heavy (non-hydrogen) atoms. The SMILES string of the molecule is CN=C(NCCCNC(=O)c1occc1C)NCc1ccc(S(C)(=O)=O)c(C)c1. The fourth-order valence-electron chi connectivity index (χ4n) is 2.83. The molecule has 0 atom stereocenters. The van der Waals surface area contributed by atoms with E-state index in [-0.39, 0.29) is 5.91 Å². The zero-order valence-corrected chi connectivity index (χ0v) is 18.0. The molecule has 2 aromatic rings. The number of benzene rings is 1. The normalized spacial score (nSPS) is 11.9. The maximum atomic E-state index is 12.0. The Kier molecular flexibility index (Phi) is 7.83. The van der Waals surface area contributed by atoms with Crippen molar-refractivity contribution in [2.24, 2.45) is 4.99 Å². The molecule has 0 aliphatic heterocycles. The fourth-order valence-corrected chi connectivity index (χ4v) is 3.79. The summed E-state index contributed by atoms with van der Waals surface area (Å²) < 4.78 is 28.6. The molecule has 0 radical (unpaired) electrons. The van der Waals surface area contributed by atoms with Crippen LogP contribution < -0.4 is 16.0 Å². The zero-order chi connectivity index (χ0) is 21.4. The number of carbonyl (C=O) groups excluding carboxylic acids is 1. The third-order valence-electron chi connectivity index (χ3n) is 4.32. The van der Waals surface area contributed by atoms with Crippen LogP contribution in [-0.4, -0.2) is 46.7 Å². The quantitative estimate of drug-likeness (QED) is 0.341. The first kappa shape index (κ1) is 22.5. The number of sulfone groups is 1. The first-order valence-electron chi connectivity index (χ1n) is 9.28. The monoisotopic (exact) mass is 420 g/mol. The Bertz CT molecular complexity index is 980. The highest BCUT2D eigenvalue weighted by Gasteiger charge is 2.12. The van der Waals surface area contributed by atoms with Crippen LogP contribution in [0.5, 0.6) is 0 Å². The van der Waals surface area contributed by atoms with Crippen molar-refractivity contribution in [1.29, 1.82) is 0 Å². The average Bonchev–Trinajstić information content (AvgIpc) is 3.08. The van der Waals surface area contributed by atoms with Gasteiger partial charge in [-0.05, 0) is 43.5 Å². The summed E-state index contributed by atoms with van der Waals surface area (Å²) in [6, 6.07) is 7.02. The van der Waals surface area contributed by atoms with Gasteiger partial charge in [0, 0.05) is 38.5 Å². The number of aliphatic imine (C=N–C) groups is 1. The number of amides is 1. The minimum Gasteiger partial charge on any atom is -0.459 e. The number of nitrogens with zero attached hydrogens (tertiary/aromatic N) is 1. The molecule has 0 spiro atoms. The molecular formula is C20H28N4O4S. The Labute approximate surface area is 171 Å². The van der Waals surface area contributed by atoms with Crippen LogP contribution in [0.25, 0.3) is 0 Å². The van der Waals surface area contributed by atoms with E-state index in [2.05, 4.69) is 20.9 Å². The largest absolute Gasteiger partial charge is 0.459 e. The highest BCUT2D eigenvalue weighted by atomic mass is 32.2. The van der Waals surface area contributed by atoms with Gasteiger partial charge in [0.25, 0.3) is 5.91 Å². The summed E-state index contributed by atoms with van der Waals surface area (Å²) in [4.78, 5) is 16.5. The van der Waals surface area contributed by atoms with Gasteiger partial charge in [0.1, 0.15) is 0 Å². The van der Waals surface area contributed by atoms with Crippen molar-refractivity contribution in [2.45, 2.75) is 31.7 Å². The third-order valence-corrected chi connectivity index (χ3v) is 5.58. The maximum Gasteiger partial charge on any atom is 0.287 e. The van der Waals surface area contributed by atoms with Crippen molar-refractivity contribution in [1.82, 2.24) is 16.0 Å². The summed E-state index contributed by atoms with van der Waals surface area (Å²) in [5.41, 5.74) is 2.49. The van der Waals surface area contributed by atoms with Crippen LogP contribution in [0.4, 0.5) is 0 Å². The highest BCUT2D eigenvalue weighted by Crippen LogP contribution is 2.16. The third kappa shape index (κ3) is 6.63. The van der Waals surface area contributed by atoms with E-state index in [1.54, 1.807) is 32.2 Å². The molecule has 8 nitrogen and oxygen atoms in total. The number of hydrogen-bond donors (Lipinski definition) is 3. The lowest BCUT2D eigenvalue weighted by Crippen LogP contribution is -2.38. The standard InChI is InChI=1S/C20H28N4O4S/c1-14-8-11-28-18(14)19(25)22-9-5-10-23-20(21-3)24-13-16-6-7-17(15(2)12-16)29(4,26)27/h6-8,11-12H,5,9-10,13H2,1-4H3,(H,22,25)(H2,21,23,24). The molecule has 1 amide bonds. The fraction of sp³-hybridized carbons (Fsp3) is 0.400. The first-order valence-corrected chi connectivity index (χ1v) is 11.2. The molecule has 3 N–H and O–H groups in total. The first-order chi connectivity index (χ1) is 13.7. The van der Waals surface area contributed by atoms with Gasteiger partial charge >= 0.3 is 0 Å². The van der Waals surface area contributed by atoms with Crippen LogP contribution in [-0.2, 0) is 16.4 Å². The van der Waals surface area contributed by atoms with E-state index >= 15 is 0 Å². The molecule has 0 bridgehead atoms. The van der Waals surface area contributed by atoms with Crippen molar-refractivity contribution >= 4 is 21.7 Å². The molecule has 0 aliphatic rings. The number of aryl methyl sites for hydroxylation is 2. The van der Waals surface area contributed by atoms with Gasteiger partial charge in [-0.15, -0.1) is 0 Å². The van der Waals surface area contributed by atoms with Crippen LogP contribution in [0, 0.1) is 13.8 Å². The number of rotatable bonds is 8. The Morgan fingerprint density at radius 1 is 1.07 bits per heavy atom. The van der Waals surface area contributed by atoms with Gasteiger partial charge in [0.05, 0.1) is 11.2 Å². The van der Waals surface area contributed by atoms with Crippen LogP contribution in [0.2, 0.25) is 0 Å². The van der Waals surface area contributed by atoms with E-state index in [4.69, 9.17) is 4.42 Å². The smallest absolute Gasteiger partial charge is 0.287 e. The summed E-state index contributed by atoms with van der Waals surface area (Å²) in [6.07, 6.45) is 3.42. The molecular weight excluding hydrogens is 392 g/mol. The minimum atomic E-state index is -3.22. The Balaban J connectivity index is 1.74. The average molecular weight is 421 g/mol. The van der Waals surface area contributed by atoms with Gasteiger partial charge in [-0.2, -0.15) is 0 Å². The van der Waals surface area contributed by atoms with Gasteiger partial charge in [0.15, 0.2) is 21.6 Å². The second-order valence-electron chi connectivity index (χ2n) is 6.77. The lowest BCUT2D eigenvalue weighted by molar-refractivity contribution is 0.0925. The lowest BCUT2D eigenvalue weighted by Gasteiger charge is -2.13. The second-order valence-corrected chi connectivity index (χ2v) is 8.75. The Hall–Kier alpha value is -2.81. The molecule has 1 heterocycles. The lowest BCUT2D eigenvalue weighted by atomic mass is 10.1. The minimum absolute atomic E-state index is 0.220. The van der Waals surface area contributed by atoms with Gasteiger partial charge in [-0.3, -0.25) is 9.79 Å². The molecule has 158 valence electrons. The molecule has 9 heteroatoms. The Morgan fingerprint density at radius 2 is 1.79 bits per heavy atom. The Morgan fingerprint density at radius 3 is 2.38 bits per heavy atom. The topological polar surface area (TPSA) is 113 Å². The number of carbonyl (C=O) groups is 1. The number of guanidine groups is 1. The second kappa shape index (κ2) is 10.1. The van der Waals surface area contributed by atoms with Gasteiger partial charge in [-0.25, -0.2) is 8.42 Å². The molecule has 0 saturated heterocycles. The van der Waals surface area contributed by atoms with Gasteiger partial charge in [0.2, 0.25) is 0 Å². The summed E-state index contributed by atoms with van der Waals surface area (Å²) in [6.45, 7) is 5.26. The summed E-state index contributed by atoms with van der Waals surface area (Å²) in [7, 11) is -1.54. The van der Waals surface area contributed by atoms with Crippen LogP contribution in [0.1, 0.15) is 33.7 Å². The van der Waals surface area contributed by atoms with E-state index < -0.39 is 9.84 Å². The van der Waals surface area contributed by atoms with Crippen molar-refractivity contribution < 1.29 is 17.6 Å². The molecule has 0 aliphatic carbocycles. The maximum absolute atomic E-state index is 12.0. The van der Waals surface area contributed by atoms with Crippen molar-refractivity contribution in [2.75, 3.05) is 26.4 Å². The van der Waals surface area contributed by atoms with E-state index in [9.17, 15) is 13.2 Å². The van der Waals surface area contributed by atoms with Gasteiger partial charge in [-0.1, -0.05) is 12.1 Å². The predicted octanol–water partition coefficient (Wildman–Crippen LogP) is 1.79. The molecule has 2 rings (SSSR count). The van der Waals surface area contributed by atoms with E-state index in [1.165, 1.54) is 12.5 Å². The number of furan rings is 1. The predicted molar refractivity (Wildman–Crippen MR) is 113 cm³/mol. The molecule has 0 unspecified atom stereocenters. The van der Waals surface area contributed by atoms with Crippen molar-refractivity contribution in [3.63, 3.8) is 0 Å². The van der Waals surface area contributed by atoms with E-state index in [0.29, 0.717) is 42.7 Å². The van der Waals surface area contributed by atoms with Crippen molar-refractivity contribution in [3.05, 3.63) is 53.0 Å². The summed E-state index contributed by atoms with van der Waals surface area (Å²) in [5, 5.41) is 9.18. The van der Waals surface area contributed by atoms with E-state index in [1.807, 2.05) is 13.0 Å². The number of nitrogens with one attached hydrogen (secondary N) is 3. The zero-order valence-electron chi connectivity index (χ0n) is 17.2. The van der Waals surface area contributed by atoms with Gasteiger partial charge < -0.3 is 20.4 Å². The molecule has 1 aromatic heterocycles. The summed E-state index contributed by atoms with van der Waals surface area (Å²) in [5.74, 6) is 0.749. The van der Waals surface area contributed by atoms with Crippen molar-refractivity contribution in [3.8, 4) is 0 Å². The van der Waals surface area contributed by atoms with Crippen LogP contribution in [0.3, 0.4) is 0 Å². The molecule has 0 saturated carbocycles. The highest BCUT2D eigenvalue weighted by molar-refractivity contribution is 7.90. The van der Waals surface area contributed by atoms with Crippen LogP contribution >= 0.6 is 0 Å². The molecule has 1 aromatic carbocycles. The molecule has 0 fully saturated rings. The number of hydrogen-bond acceptors (Lipinski definition) is 5.